The number of amides is 1. The van der Waals surface area contributed by atoms with Crippen LogP contribution in [0.25, 0.3) is 0 Å². The molecule has 17 heavy (non-hydrogen) atoms. The predicted octanol–water partition coefficient (Wildman–Crippen LogP) is 0.825. The summed E-state index contributed by atoms with van der Waals surface area (Å²) >= 11 is 0. The molecule has 0 aliphatic heterocycles. The fourth-order valence-corrected chi connectivity index (χ4v) is 1.32. The molecule has 0 aliphatic rings. The van der Waals surface area contributed by atoms with Gasteiger partial charge in [0.2, 0.25) is 0 Å². The largest absolute Gasteiger partial charge is 0.350 e. The Morgan fingerprint density at radius 2 is 1.94 bits per heavy atom. The quantitative estimate of drug-likeness (QED) is 0.794. The van der Waals surface area contributed by atoms with Gasteiger partial charge in [-0.15, -0.1) is 0 Å². The van der Waals surface area contributed by atoms with Gasteiger partial charge in [0.1, 0.15) is 0 Å². The first kappa shape index (κ1) is 13.7. The van der Waals surface area contributed by atoms with Gasteiger partial charge in [0.05, 0.1) is 0 Å². The summed E-state index contributed by atoms with van der Waals surface area (Å²) in [6.07, 6.45) is 0. The summed E-state index contributed by atoms with van der Waals surface area (Å²) in [6, 6.07) is 7.69. The summed E-state index contributed by atoms with van der Waals surface area (Å²) in [5.74, 6) is -0.0396. The highest BCUT2D eigenvalue weighted by atomic mass is 16.1. The van der Waals surface area contributed by atoms with Gasteiger partial charge in [-0.3, -0.25) is 4.79 Å². The normalized spacial score (nSPS) is 12.5. The summed E-state index contributed by atoms with van der Waals surface area (Å²) in [7, 11) is 3.99. The zero-order valence-electron chi connectivity index (χ0n) is 10.7. The maximum atomic E-state index is 11.8. The molecule has 3 N–H and O–H groups in total. The number of nitrogens with zero attached hydrogens (tertiary/aromatic N) is 1. The second kappa shape index (κ2) is 6.37. The van der Waals surface area contributed by atoms with E-state index in [2.05, 4.69) is 17.1 Å². The van der Waals surface area contributed by atoms with E-state index in [1.54, 1.807) is 12.1 Å². The van der Waals surface area contributed by atoms with E-state index < -0.39 is 0 Å². The minimum absolute atomic E-state index is 0.0396. The van der Waals surface area contributed by atoms with Crippen molar-refractivity contribution in [3.8, 4) is 0 Å². The van der Waals surface area contributed by atoms with Crippen LogP contribution in [0.3, 0.4) is 0 Å². The van der Waals surface area contributed by atoms with Gasteiger partial charge in [0, 0.05) is 24.7 Å². The molecule has 0 radical (unpaired) electrons. The van der Waals surface area contributed by atoms with Crippen LogP contribution in [-0.2, 0) is 6.54 Å². The van der Waals surface area contributed by atoms with Crippen molar-refractivity contribution in [3.63, 3.8) is 0 Å². The van der Waals surface area contributed by atoms with Crippen molar-refractivity contribution in [2.75, 3.05) is 20.6 Å². The zero-order chi connectivity index (χ0) is 12.8. The Bertz CT molecular complexity index is 359. The molecular formula is C13H21N3O. The van der Waals surface area contributed by atoms with Crippen molar-refractivity contribution in [2.45, 2.75) is 19.5 Å². The maximum Gasteiger partial charge on any atom is 0.251 e. The minimum atomic E-state index is -0.0396. The van der Waals surface area contributed by atoms with Gasteiger partial charge in [-0.05, 0) is 38.7 Å². The average molecular weight is 235 g/mol. The number of carbonyl (C=O) groups is 1. The number of hydrogen-bond donors (Lipinski definition) is 2. The smallest absolute Gasteiger partial charge is 0.251 e. The molecule has 1 rings (SSSR count). The molecule has 94 valence electrons. The molecule has 0 heterocycles. The Labute approximate surface area is 103 Å². The Morgan fingerprint density at radius 1 is 1.35 bits per heavy atom. The van der Waals surface area contributed by atoms with Gasteiger partial charge in [-0.25, -0.2) is 0 Å². The Morgan fingerprint density at radius 3 is 2.41 bits per heavy atom. The van der Waals surface area contributed by atoms with E-state index >= 15 is 0 Å². The summed E-state index contributed by atoms with van der Waals surface area (Å²) in [6.45, 7) is 3.21. The van der Waals surface area contributed by atoms with Gasteiger partial charge < -0.3 is 16.0 Å². The lowest BCUT2D eigenvalue weighted by Crippen LogP contribution is -2.38. The van der Waals surface area contributed by atoms with Crippen LogP contribution in [0.1, 0.15) is 22.8 Å². The van der Waals surface area contributed by atoms with E-state index in [0.29, 0.717) is 24.7 Å². The molecule has 0 aliphatic carbocycles. The summed E-state index contributed by atoms with van der Waals surface area (Å²) < 4.78 is 0. The lowest BCUT2D eigenvalue weighted by atomic mass is 10.1. The van der Waals surface area contributed by atoms with Crippen LogP contribution < -0.4 is 11.1 Å². The van der Waals surface area contributed by atoms with Crippen molar-refractivity contribution in [2.24, 2.45) is 5.73 Å². The van der Waals surface area contributed by atoms with Crippen LogP contribution in [0.15, 0.2) is 24.3 Å². The zero-order valence-corrected chi connectivity index (χ0v) is 10.7. The molecule has 0 aromatic heterocycles. The fourth-order valence-electron chi connectivity index (χ4n) is 1.32. The van der Waals surface area contributed by atoms with Crippen LogP contribution in [0, 0.1) is 0 Å². The fraction of sp³-hybridized carbons (Fsp3) is 0.462. The molecule has 0 saturated heterocycles. The van der Waals surface area contributed by atoms with Crippen molar-refractivity contribution in [3.05, 3.63) is 35.4 Å². The van der Waals surface area contributed by atoms with Crippen molar-refractivity contribution < 1.29 is 4.79 Å². The maximum absolute atomic E-state index is 11.8. The van der Waals surface area contributed by atoms with Crippen LogP contribution >= 0.6 is 0 Å². The number of nitrogens with two attached hydrogens (primary N) is 1. The number of likely N-dealkylation sites (N-methyl/N-ethyl adjacent to an activating group) is 1. The summed E-state index contributed by atoms with van der Waals surface area (Å²) in [5.41, 5.74) is 7.21. The molecule has 4 nitrogen and oxygen atoms in total. The molecule has 4 heteroatoms. The standard InChI is InChI=1S/C13H21N3O/c1-10(16(2)3)9-15-13(17)12-6-4-11(8-14)5-7-12/h4-7,10H,8-9,14H2,1-3H3,(H,15,17). The Kier molecular flexibility index (Phi) is 5.12. The van der Waals surface area contributed by atoms with Gasteiger partial charge in [0.25, 0.3) is 5.91 Å². The number of benzene rings is 1. The first-order valence-electron chi connectivity index (χ1n) is 5.78. The highest BCUT2D eigenvalue weighted by molar-refractivity contribution is 5.94. The molecule has 0 bridgehead atoms. The van der Waals surface area contributed by atoms with Gasteiger partial charge in [0.15, 0.2) is 0 Å². The van der Waals surface area contributed by atoms with Gasteiger partial charge >= 0.3 is 0 Å². The average Bonchev–Trinajstić information content (AvgIpc) is 2.35. The van der Waals surface area contributed by atoms with E-state index in [1.165, 1.54) is 0 Å². The van der Waals surface area contributed by atoms with Crippen molar-refractivity contribution in [1.29, 1.82) is 0 Å². The summed E-state index contributed by atoms with van der Waals surface area (Å²) in [4.78, 5) is 13.9. The molecule has 1 amide bonds. The Hall–Kier alpha value is -1.39. The summed E-state index contributed by atoms with van der Waals surface area (Å²) in [5, 5.41) is 2.91. The Balaban J connectivity index is 2.52. The number of hydrogen-bond acceptors (Lipinski definition) is 3. The molecule has 0 saturated carbocycles. The molecule has 1 atom stereocenters. The van der Waals surface area contributed by atoms with E-state index in [0.717, 1.165) is 5.56 Å². The molecule has 1 aromatic carbocycles. The molecule has 1 unspecified atom stereocenters. The second-order valence-corrected chi connectivity index (χ2v) is 4.42. The first-order chi connectivity index (χ1) is 8.04. The van der Waals surface area contributed by atoms with E-state index in [4.69, 9.17) is 5.73 Å². The van der Waals surface area contributed by atoms with Crippen LogP contribution in [0.2, 0.25) is 0 Å². The number of carbonyl (C=O) groups excluding carboxylic acids is 1. The molecule has 0 spiro atoms. The minimum Gasteiger partial charge on any atom is -0.350 e. The molecule has 0 fully saturated rings. The van der Waals surface area contributed by atoms with E-state index in [1.807, 2.05) is 26.2 Å². The van der Waals surface area contributed by atoms with Gasteiger partial charge in [-0.2, -0.15) is 0 Å². The van der Waals surface area contributed by atoms with Crippen molar-refractivity contribution in [1.82, 2.24) is 10.2 Å². The van der Waals surface area contributed by atoms with Crippen LogP contribution in [0.4, 0.5) is 0 Å². The number of nitrogens with one attached hydrogen (secondary N) is 1. The monoisotopic (exact) mass is 235 g/mol. The highest BCUT2D eigenvalue weighted by Crippen LogP contribution is 2.03. The topological polar surface area (TPSA) is 58.4 Å². The van der Waals surface area contributed by atoms with Gasteiger partial charge in [-0.1, -0.05) is 12.1 Å². The molecule has 1 aromatic rings. The third-order valence-electron chi connectivity index (χ3n) is 2.89. The highest BCUT2D eigenvalue weighted by Gasteiger charge is 2.08. The van der Waals surface area contributed by atoms with Crippen LogP contribution in [-0.4, -0.2) is 37.5 Å². The third kappa shape index (κ3) is 4.17. The van der Waals surface area contributed by atoms with E-state index in [9.17, 15) is 4.79 Å². The lowest BCUT2D eigenvalue weighted by molar-refractivity contribution is 0.0943. The lowest BCUT2D eigenvalue weighted by Gasteiger charge is -2.19. The van der Waals surface area contributed by atoms with Crippen LogP contribution in [0.5, 0.6) is 0 Å². The second-order valence-electron chi connectivity index (χ2n) is 4.42. The number of rotatable bonds is 5. The predicted molar refractivity (Wildman–Crippen MR) is 69.8 cm³/mol. The third-order valence-corrected chi connectivity index (χ3v) is 2.89. The SMILES string of the molecule is CC(CNC(=O)c1ccc(CN)cc1)N(C)C. The molecular weight excluding hydrogens is 214 g/mol. The van der Waals surface area contributed by atoms with Crippen molar-refractivity contribution >= 4 is 5.91 Å². The first-order valence-corrected chi connectivity index (χ1v) is 5.78. The van der Waals surface area contributed by atoms with E-state index in [-0.39, 0.29) is 5.91 Å².